The van der Waals surface area contributed by atoms with Crippen LogP contribution in [-0.2, 0) is 27.2 Å². The first kappa shape index (κ1) is 33.9. The first-order valence-corrected chi connectivity index (χ1v) is 16.0. The average Bonchev–Trinajstić information content (AvgIpc) is 2.93. The molecule has 6 nitrogen and oxygen atoms in total. The zero-order valence-electron chi connectivity index (χ0n) is 24.6. The van der Waals surface area contributed by atoms with E-state index in [0.29, 0.717) is 38.0 Å². The third-order valence-electron chi connectivity index (χ3n) is 8.15. The van der Waals surface area contributed by atoms with E-state index >= 15 is 0 Å². The number of rotatable bonds is 8. The van der Waals surface area contributed by atoms with Gasteiger partial charge in [0.2, 0.25) is 5.91 Å². The lowest BCUT2D eigenvalue weighted by Crippen LogP contribution is -2.47. The Morgan fingerprint density at radius 3 is 2.12 bits per heavy atom. The highest BCUT2D eigenvalue weighted by atomic mass is 32.2. The molecule has 0 bridgehead atoms. The van der Waals surface area contributed by atoms with Crippen molar-refractivity contribution in [2.24, 2.45) is 0 Å². The maximum absolute atomic E-state index is 13.4. The Balaban J connectivity index is 0.00000484. The largest absolute Gasteiger partial charge is 0.417 e. The Hall–Kier alpha value is -2.59. The van der Waals surface area contributed by atoms with Gasteiger partial charge in [0.05, 0.1) is 21.3 Å². The second-order valence-electron chi connectivity index (χ2n) is 12.2. The Labute approximate surface area is 252 Å². The molecule has 0 saturated carbocycles. The number of benzene rings is 2. The van der Waals surface area contributed by atoms with Crippen LogP contribution in [0.4, 0.5) is 24.5 Å². The van der Waals surface area contributed by atoms with Gasteiger partial charge in [0.15, 0.2) is 0 Å². The Kier molecular flexibility index (Phi) is 11.5. The molecule has 2 aromatic rings. The highest BCUT2D eigenvalue weighted by Crippen LogP contribution is 2.35. The van der Waals surface area contributed by atoms with Crippen LogP contribution in [0, 0.1) is 0 Å². The monoisotopic (exact) mass is 608 g/mol. The molecular formula is C32H47F3N4O2S. The molecule has 0 radical (unpaired) electrons. The van der Waals surface area contributed by atoms with E-state index < -0.39 is 22.5 Å². The molecule has 234 valence electrons. The number of piperidine rings is 1. The number of hydrogen-bond donors (Lipinski definition) is 1. The van der Waals surface area contributed by atoms with Gasteiger partial charge in [-0.1, -0.05) is 40.3 Å². The van der Waals surface area contributed by atoms with Crippen LogP contribution >= 0.6 is 0 Å². The number of likely N-dealkylation sites (tertiary alicyclic amines) is 1. The number of halogens is 3. The van der Waals surface area contributed by atoms with E-state index in [1.807, 2.05) is 4.90 Å². The average molecular weight is 609 g/mol. The maximum atomic E-state index is 13.4. The molecule has 0 spiro atoms. The number of piperazine rings is 1. The number of hydrogen-bond acceptors (Lipinski definition) is 5. The van der Waals surface area contributed by atoms with Crippen LogP contribution in [0.15, 0.2) is 47.4 Å². The molecule has 2 saturated heterocycles. The predicted octanol–water partition coefficient (Wildman–Crippen LogP) is 6.38. The molecule has 1 N–H and O–H groups in total. The molecule has 1 unspecified atom stereocenters. The standard InChI is InChI=1S/C31H43F3N4O2S.CH4/c1-30(2,3)23-7-10-26(11-8-23)37-20-18-36(19-21-37)15-5-6-29(39)38-16-13-24(14-17-38)35-25-9-12-28(41(4)40)27(22-25)31(32,33)34;/h7-12,22,24,35H,5-6,13-21H2,1-4H3;1H4. The third kappa shape index (κ3) is 8.96. The molecule has 2 aromatic carbocycles. The summed E-state index contributed by atoms with van der Waals surface area (Å²) in [6.07, 6.45) is -0.640. The molecule has 0 aromatic heterocycles. The van der Waals surface area contributed by atoms with Gasteiger partial charge in [0.25, 0.3) is 0 Å². The van der Waals surface area contributed by atoms with Crippen molar-refractivity contribution >= 4 is 28.1 Å². The minimum Gasteiger partial charge on any atom is -0.382 e. The quantitative estimate of drug-likeness (QED) is 0.377. The minimum absolute atomic E-state index is 0. The summed E-state index contributed by atoms with van der Waals surface area (Å²) < 4.78 is 52.1. The van der Waals surface area contributed by atoms with Gasteiger partial charge < -0.3 is 15.1 Å². The van der Waals surface area contributed by atoms with Gasteiger partial charge in [0, 0.05) is 69.4 Å². The summed E-state index contributed by atoms with van der Waals surface area (Å²) in [5.74, 6) is 0.148. The van der Waals surface area contributed by atoms with Crippen LogP contribution in [0.2, 0.25) is 0 Å². The lowest BCUT2D eigenvalue weighted by molar-refractivity contribution is -0.139. The molecule has 1 amide bonds. The van der Waals surface area contributed by atoms with E-state index in [1.165, 1.54) is 23.6 Å². The molecule has 2 aliphatic rings. The predicted molar refractivity (Wildman–Crippen MR) is 167 cm³/mol. The van der Waals surface area contributed by atoms with E-state index in [2.05, 4.69) is 60.2 Å². The summed E-state index contributed by atoms with van der Waals surface area (Å²) in [6, 6.07) is 12.7. The summed E-state index contributed by atoms with van der Waals surface area (Å²) in [4.78, 5) is 19.3. The lowest BCUT2D eigenvalue weighted by Gasteiger charge is -2.36. The van der Waals surface area contributed by atoms with Crippen molar-refractivity contribution in [2.75, 3.05) is 62.3 Å². The van der Waals surface area contributed by atoms with Crippen molar-refractivity contribution in [3.05, 3.63) is 53.6 Å². The zero-order valence-corrected chi connectivity index (χ0v) is 25.4. The zero-order chi connectivity index (χ0) is 29.8. The normalized spacial score (nSPS) is 18.0. The van der Waals surface area contributed by atoms with Gasteiger partial charge in [-0.2, -0.15) is 13.2 Å². The maximum Gasteiger partial charge on any atom is 0.417 e. The molecular weight excluding hydrogens is 561 g/mol. The summed E-state index contributed by atoms with van der Waals surface area (Å²) in [5.41, 5.74) is 2.24. The molecule has 2 fully saturated rings. The van der Waals surface area contributed by atoms with Gasteiger partial charge >= 0.3 is 6.18 Å². The molecule has 10 heteroatoms. The number of nitrogens with zero attached hydrogens (tertiary/aromatic N) is 3. The van der Waals surface area contributed by atoms with E-state index in [0.717, 1.165) is 45.2 Å². The van der Waals surface area contributed by atoms with E-state index in [1.54, 1.807) is 6.07 Å². The Morgan fingerprint density at radius 2 is 1.57 bits per heavy atom. The summed E-state index contributed by atoms with van der Waals surface area (Å²) in [6.45, 7) is 12.7. The van der Waals surface area contributed by atoms with Crippen LogP contribution in [0.1, 0.15) is 65.0 Å². The molecule has 0 aliphatic carbocycles. The Bertz CT molecular complexity index is 1200. The molecule has 42 heavy (non-hydrogen) atoms. The number of carbonyl (C=O) groups excluding carboxylic acids is 1. The number of amides is 1. The third-order valence-corrected chi connectivity index (χ3v) is 9.12. The fourth-order valence-electron chi connectivity index (χ4n) is 5.61. The minimum atomic E-state index is -4.57. The van der Waals surface area contributed by atoms with Crippen molar-refractivity contribution < 1.29 is 22.2 Å². The van der Waals surface area contributed by atoms with Crippen molar-refractivity contribution in [3.63, 3.8) is 0 Å². The highest BCUT2D eigenvalue weighted by molar-refractivity contribution is 7.84. The fourth-order valence-corrected chi connectivity index (χ4v) is 6.36. The fraction of sp³-hybridized carbons (Fsp3) is 0.594. The van der Waals surface area contributed by atoms with Gasteiger partial charge in [0.1, 0.15) is 0 Å². The van der Waals surface area contributed by atoms with Crippen LogP contribution in [-0.4, -0.2) is 78.0 Å². The lowest BCUT2D eigenvalue weighted by atomic mass is 9.87. The van der Waals surface area contributed by atoms with Crippen molar-refractivity contribution in [2.45, 2.75) is 76.4 Å². The first-order valence-electron chi connectivity index (χ1n) is 14.5. The Morgan fingerprint density at radius 1 is 0.952 bits per heavy atom. The number of alkyl halides is 3. The second-order valence-corrected chi connectivity index (χ2v) is 13.5. The molecule has 4 rings (SSSR count). The molecule has 1 atom stereocenters. The summed E-state index contributed by atoms with van der Waals surface area (Å²) in [7, 11) is -1.73. The van der Waals surface area contributed by atoms with E-state index in [-0.39, 0.29) is 29.7 Å². The van der Waals surface area contributed by atoms with Crippen LogP contribution in [0.3, 0.4) is 0 Å². The molecule has 2 aliphatic heterocycles. The highest BCUT2D eigenvalue weighted by Gasteiger charge is 2.35. The second kappa shape index (κ2) is 14.3. The number of nitrogens with one attached hydrogen (secondary N) is 1. The number of anilines is 2. The van der Waals surface area contributed by atoms with Gasteiger partial charge in [-0.3, -0.25) is 13.9 Å². The van der Waals surface area contributed by atoms with Crippen LogP contribution < -0.4 is 10.2 Å². The van der Waals surface area contributed by atoms with E-state index in [4.69, 9.17) is 0 Å². The van der Waals surface area contributed by atoms with Crippen molar-refractivity contribution in [3.8, 4) is 0 Å². The van der Waals surface area contributed by atoms with Crippen molar-refractivity contribution in [1.29, 1.82) is 0 Å². The van der Waals surface area contributed by atoms with Crippen LogP contribution in [0.25, 0.3) is 0 Å². The van der Waals surface area contributed by atoms with E-state index in [9.17, 15) is 22.2 Å². The summed E-state index contributed by atoms with van der Waals surface area (Å²) in [5, 5.41) is 3.18. The van der Waals surface area contributed by atoms with Gasteiger partial charge in [-0.15, -0.1) is 0 Å². The smallest absolute Gasteiger partial charge is 0.382 e. The van der Waals surface area contributed by atoms with Gasteiger partial charge in [-0.25, -0.2) is 0 Å². The van der Waals surface area contributed by atoms with Gasteiger partial charge in [-0.05, 0) is 67.1 Å². The topological polar surface area (TPSA) is 55.9 Å². The number of carbonyl (C=O) groups is 1. The first-order chi connectivity index (χ1) is 19.3. The van der Waals surface area contributed by atoms with Crippen LogP contribution in [0.5, 0.6) is 0 Å². The summed E-state index contributed by atoms with van der Waals surface area (Å²) >= 11 is 0. The SMILES string of the molecule is C.CS(=O)c1ccc(NC2CCN(C(=O)CCCN3CCN(c4ccc(C(C)(C)C)cc4)CC3)CC2)cc1C(F)(F)F. The van der Waals surface area contributed by atoms with Crippen molar-refractivity contribution in [1.82, 2.24) is 9.80 Å². The molecule has 2 heterocycles.